The smallest absolute Gasteiger partial charge is 0.338 e. The van der Waals surface area contributed by atoms with Gasteiger partial charge in [-0.2, -0.15) is 0 Å². The molecule has 1 N–H and O–H groups in total. The summed E-state index contributed by atoms with van der Waals surface area (Å²) in [5.74, 6) is -1.41. The van der Waals surface area contributed by atoms with Crippen molar-refractivity contribution in [1.29, 1.82) is 0 Å². The number of carbonyl (C=O) groups excluding carboxylic acids is 2. The summed E-state index contributed by atoms with van der Waals surface area (Å²) in [6, 6.07) is 20.8. The molecule has 29 heavy (non-hydrogen) atoms. The molecule has 0 amide bonds. The molecule has 0 aliphatic heterocycles. The summed E-state index contributed by atoms with van der Waals surface area (Å²) in [7, 11) is 0. The molecule has 0 atom stereocenters. The molecule has 0 saturated carbocycles. The van der Waals surface area contributed by atoms with E-state index in [-0.39, 0.29) is 12.2 Å². The van der Waals surface area contributed by atoms with Gasteiger partial charge in [-0.1, -0.05) is 36.4 Å². The zero-order chi connectivity index (χ0) is 20.4. The number of ether oxygens (including phenoxy) is 1. The van der Waals surface area contributed by atoms with Crippen LogP contribution in [0.2, 0.25) is 0 Å². The van der Waals surface area contributed by atoms with Crippen molar-refractivity contribution in [3.63, 3.8) is 0 Å². The Morgan fingerprint density at radius 2 is 1.34 bits per heavy atom. The second kappa shape index (κ2) is 7.56. The van der Waals surface area contributed by atoms with Crippen LogP contribution in [-0.4, -0.2) is 23.3 Å². The van der Waals surface area contributed by atoms with Crippen LogP contribution in [0, 0.1) is 0 Å². The van der Waals surface area contributed by atoms with Crippen LogP contribution >= 0.6 is 0 Å². The van der Waals surface area contributed by atoms with Gasteiger partial charge in [0.25, 0.3) is 0 Å². The van der Waals surface area contributed by atoms with E-state index in [0.29, 0.717) is 11.1 Å². The first-order chi connectivity index (χ1) is 14.0. The molecule has 0 aliphatic carbocycles. The molecule has 0 aromatic heterocycles. The number of rotatable bonds is 5. The van der Waals surface area contributed by atoms with Crippen LogP contribution in [0.1, 0.15) is 36.6 Å². The van der Waals surface area contributed by atoms with Gasteiger partial charge in [0, 0.05) is 5.56 Å². The van der Waals surface area contributed by atoms with Gasteiger partial charge < -0.3 is 9.84 Å². The SMILES string of the molecule is O=Cc1ccc2cc(C(=O)OCc3ccc4cc(C(=O)O)ccc4c3)ccc2c1. The summed E-state index contributed by atoms with van der Waals surface area (Å²) in [4.78, 5) is 34.4. The number of carboxylic acid groups (broad SMARTS) is 1. The van der Waals surface area contributed by atoms with Crippen LogP contribution in [-0.2, 0) is 11.3 Å². The third-order valence-corrected chi connectivity index (χ3v) is 4.76. The van der Waals surface area contributed by atoms with Crippen molar-refractivity contribution in [3.8, 4) is 0 Å². The summed E-state index contributed by atoms with van der Waals surface area (Å²) >= 11 is 0. The number of carboxylic acids is 1. The van der Waals surface area contributed by atoms with Crippen LogP contribution in [0.4, 0.5) is 0 Å². The van der Waals surface area contributed by atoms with Gasteiger partial charge in [0.1, 0.15) is 12.9 Å². The van der Waals surface area contributed by atoms with E-state index in [2.05, 4.69) is 0 Å². The van der Waals surface area contributed by atoms with Crippen molar-refractivity contribution in [2.24, 2.45) is 0 Å². The molecular weight excluding hydrogens is 368 g/mol. The molecule has 0 radical (unpaired) electrons. The molecule has 0 bridgehead atoms. The fourth-order valence-corrected chi connectivity index (χ4v) is 3.21. The minimum atomic E-state index is -0.970. The molecule has 0 saturated heterocycles. The minimum absolute atomic E-state index is 0.109. The molecule has 4 aromatic carbocycles. The summed E-state index contributed by atoms with van der Waals surface area (Å²) in [6.07, 6.45) is 0.785. The molecule has 0 fully saturated rings. The first-order valence-electron chi connectivity index (χ1n) is 8.95. The highest BCUT2D eigenvalue weighted by Gasteiger charge is 2.10. The summed E-state index contributed by atoms with van der Waals surface area (Å²) in [5.41, 5.74) is 2.06. The maximum absolute atomic E-state index is 12.4. The summed E-state index contributed by atoms with van der Waals surface area (Å²) in [6.45, 7) is 0.109. The van der Waals surface area contributed by atoms with Crippen molar-refractivity contribution < 1.29 is 24.2 Å². The number of fused-ring (bicyclic) bond motifs is 2. The number of aldehydes is 1. The monoisotopic (exact) mass is 384 g/mol. The van der Waals surface area contributed by atoms with E-state index in [0.717, 1.165) is 33.4 Å². The number of hydrogen-bond acceptors (Lipinski definition) is 4. The maximum Gasteiger partial charge on any atom is 0.338 e. The second-order valence-corrected chi connectivity index (χ2v) is 6.72. The van der Waals surface area contributed by atoms with Gasteiger partial charge in [0.05, 0.1) is 11.1 Å². The van der Waals surface area contributed by atoms with Crippen LogP contribution < -0.4 is 0 Å². The van der Waals surface area contributed by atoms with Crippen molar-refractivity contribution in [2.45, 2.75) is 6.61 Å². The third kappa shape index (κ3) is 3.84. The zero-order valence-corrected chi connectivity index (χ0v) is 15.3. The lowest BCUT2D eigenvalue weighted by atomic mass is 10.0. The van der Waals surface area contributed by atoms with Gasteiger partial charge in [-0.05, 0) is 63.5 Å². The average Bonchev–Trinajstić information content (AvgIpc) is 2.76. The predicted molar refractivity (Wildman–Crippen MR) is 109 cm³/mol. The van der Waals surface area contributed by atoms with Gasteiger partial charge in [-0.25, -0.2) is 9.59 Å². The Morgan fingerprint density at radius 3 is 2.07 bits per heavy atom. The number of carbonyl (C=O) groups is 3. The van der Waals surface area contributed by atoms with Gasteiger partial charge in [0.2, 0.25) is 0 Å². The molecule has 142 valence electrons. The Kier molecular flexibility index (Phi) is 4.79. The zero-order valence-electron chi connectivity index (χ0n) is 15.3. The molecular formula is C24H16O5. The molecule has 0 heterocycles. The fraction of sp³-hybridized carbons (Fsp3) is 0.0417. The van der Waals surface area contributed by atoms with E-state index in [1.165, 1.54) is 0 Å². The first-order valence-corrected chi connectivity index (χ1v) is 8.95. The van der Waals surface area contributed by atoms with Crippen molar-refractivity contribution >= 4 is 39.8 Å². The van der Waals surface area contributed by atoms with Crippen molar-refractivity contribution in [1.82, 2.24) is 0 Å². The predicted octanol–water partition coefficient (Wildman–Crippen LogP) is 4.86. The Bertz CT molecular complexity index is 1270. The molecule has 5 heteroatoms. The van der Waals surface area contributed by atoms with E-state index >= 15 is 0 Å². The Labute approximate surface area is 166 Å². The quantitative estimate of drug-likeness (QED) is 0.393. The molecule has 4 rings (SSSR count). The highest BCUT2D eigenvalue weighted by atomic mass is 16.5. The standard InChI is InChI=1S/C24H16O5/c25-13-15-1-3-20-12-22(8-6-17(20)9-15)24(28)29-14-16-2-4-19-11-21(23(26)27)7-5-18(19)10-16/h1-13H,14H2,(H,26,27). The number of hydrogen-bond donors (Lipinski definition) is 1. The van der Waals surface area contributed by atoms with Crippen LogP contribution in [0.5, 0.6) is 0 Å². The van der Waals surface area contributed by atoms with E-state index in [1.807, 2.05) is 18.2 Å². The number of benzene rings is 4. The second-order valence-electron chi connectivity index (χ2n) is 6.72. The largest absolute Gasteiger partial charge is 0.478 e. The number of aromatic carboxylic acids is 1. The van der Waals surface area contributed by atoms with Crippen LogP contribution in [0.25, 0.3) is 21.5 Å². The first kappa shape index (κ1) is 18.4. The molecule has 4 aromatic rings. The minimum Gasteiger partial charge on any atom is -0.478 e. The highest BCUT2D eigenvalue weighted by Crippen LogP contribution is 2.21. The lowest BCUT2D eigenvalue weighted by Gasteiger charge is -2.08. The normalized spacial score (nSPS) is 10.8. The lowest BCUT2D eigenvalue weighted by molar-refractivity contribution is 0.0472. The van der Waals surface area contributed by atoms with E-state index in [9.17, 15) is 14.4 Å². The molecule has 0 spiro atoms. The van der Waals surface area contributed by atoms with Crippen LogP contribution in [0.3, 0.4) is 0 Å². The van der Waals surface area contributed by atoms with Crippen molar-refractivity contribution in [2.75, 3.05) is 0 Å². The lowest BCUT2D eigenvalue weighted by Crippen LogP contribution is -2.05. The van der Waals surface area contributed by atoms with Crippen molar-refractivity contribution in [3.05, 3.63) is 95.1 Å². The molecule has 0 unspecified atom stereocenters. The molecule has 0 aliphatic rings. The summed E-state index contributed by atoms with van der Waals surface area (Å²) in [5, 5.41) is 12.5. The average molecular weight is 384 g/mol. The van der Waals surface area contributed by atoms with Gasteiger partial charge in [-0.3, -0.25) is 4.79 Å². The third-order valence-electron chi connectivity index (χ3n) is 4.76. The Morgan fingerprint density at radius 1 is 0.759 bits per heavy atom. The number of esters is 1. The van der Waals surface area contributed by atoms with Crippen LogP contribution in [0.15, 0.2) is 72.8 Å². The fourth-order valence-electron chi connectivity index (χ4n) is 3.21. The highest BCUT2D eigenvalue weighted by molar-refractivity contribution is 5.97. The van der Waals surface area contributed by atoms with Gasteiger partial charge in [-0.15, -0.1) is 0 Å². The van der Waals surface area contributed by atoms with Gasteiger partial charge >= 0.3 is 11.9 Å². The van der Waals surface area contributed by atoms with E-state index in [4.69, 9.17) is 9.84 Å². The Balaban J connectivity index is 1.50. The topological polar surface area (TPSA) is 80.7 Å². The Hall–Kier alpha value is -3.99. The maximum atomic E-state index is 12.4. The van der Waals surface area contributed by atoms with E-state index < -0.39 is 11.9 Å². The van der Waals surface area contributed by atoms with Gasteiger partial charge in [0.15, 0.2) is 0 Å². The molecule has 5 nitrogen and oxygen atoms in total. The summed E-state index contributed by atoms with van der Waals surface area (Å²) < 4.78 is 5.43. The van der Waals surface area contributed by atoms with E-state index in [1.54, 1.807) is 54.6 Å².